The first-order valence-corrected chi connectivity index (χ1v) is 6.30. The molecule has 0 radical (unpaired) electrons. The van der Waals surface area contributed by atoms with Crippen molar-refractivity contribution in [1.82, 2.24) is 10.6 Å². The Labute approximate surface area is 109 Å². The normalized spacial score (nSPS) is 12.9. The van der Waals surface area contributed by atoms with Gasteiger partial charge in [0, 0.05) is 30.0 Å². The van der Waals surface area contributed by atoms with E-state index in [0.717, 1.165) is 28.8 Å². The number of halogens is 1. The Balaban J connectivity index is 2.17. The summed E-state index contributed by atoms with van der Waals surface area (Å²) in [4.78, 5) is 0. The smallest absolute Gasteiger partial charge is 0.166 e. The highest BCUT2D eigenvalue weighted by molar-refractivity contribution is 9.10. The molecule has 1 aromatic carbocycles. The highest BCUT2D eigenvalue weighted by atomic mass is 79.9. The summed E-state index contributed by atoms with van der Waals surface area (Å²) in [5.74, 6) is 1.01. The van der Waals surface area contributed by atoms with Crippen molar-refractivity contribution in [3.05, 3.63) is 27.7 Å². The lowest BCUT2D eigenvalue weighted by Crippen LogP contribution is -2.31. The standard InChI is InChI=1S/C11H13BrN2OS/c1-13-11(16)14-6-8-5-9(12)4-7-2-3-15-10(7)8/h4-5H,2-3,6H2,1H3,(H2,13,14,16). The maximum Gasteiger partial charge on any atom is 0.166 e. The maximum atomic E-state index is 5.63. The van der Waals surface area contributed by atoms with Crippen molar-refractivity contribution >= 4 is 33.3 Å². The van der Waals surface area contributed by atoms with Crippen molar-refractivity contribution in [1.29, 1.82) is 0 Å². The van der Waals surface area contributed by atoms with E-state index in [1.54, 1.807) is 7.05 Å². The number of benzene rings is 1. The number of thiocarbonyl (C=S) groups is 1. The molecule has 0 spiro atoms. The van der Waals surface area contributed by atoms with Crippen molar-refractivity contribution in [2.24, 2.45) is 0 Å². The summed E-state index contributed by atoms with van der Waals surface area (Å²) < 4.78 is 6.71. The molecular formula is C11H13BrN2OS. The Bertz CT molecular complexity index is 423. The molecule has 2 rings (SSSR count). The average molecular weight is 301 g/mol. The van der Waals surface area contributed by atoms with Gasteiger partial charge in [-0.25, -0.2) is 0 Å². The fourth-order valence-corrected chi connectivity index (χ4v) is 2.37. The van der Waals surface area contributed by atoms with Crippen LogP contribution in [0.1, 0.15) is 11.1 Å². The Morgan fingerprint density at radius 2 is 2.38 bits per heavy atom. The van der Waals surface area contributed by atoms with Crippen LogP contribution < -0.4 is 15.4 Å². The van der Waals surface area contributed by atoms with Crippen molar-refractivity contribution in [2.45, 2.75) is 13.0 Å². The second-order valence-corrected chi connectivity index (χ2v) is 4.91. The number of fused-ring (bicyclic) bond motifs is 1. The molecule has 1 aliphatic rings. The Morgan fingerprint density at radius 1 is 1.56 bits per heavy atom. The molecule has 0 bridgehead atoms. The monoisotopic (exact) mass is 300 g/mol. The topological polar surface area (TPSA) is 33.3 Å². The predicted octanol–water partition coefficient (Wildman–Crippen LogP) is 1.98. The summed E-state index contributed by atoms with van der Waals surface area (Å²) in [5.41, 5.74) is 2.40. The van der Waals surface area contributed by atoms with Crippen LogP contribution in [-0.2, 0) is 13.0 Å². The number of hydrogen-bond acceptors (Lipinski definition) is 2. The summed E-state index contributed by atoms with van der Waals surface area (Å²) in [5, 5.41) is 6.66. The van der Waals surface area contributed by atoms with Gasteiger partial charge in [0.2, 0.25) is 0 Å². The summed E-state index contributed by atoms with van der Waals surface area (Å²) in [6.07, 6.45) is 0.984. The molecule has 1 aromatic rings. The van der Waals surface area contributed by atoms with Crippen LogP contribution in [0.25, 0.3) is 0 Å². The van der Waals surface area contributed by atoms with Gasteiger partial charge < -0.3 is 15.4 Å². The van der Waals surface area contributed by atoms with Gasteiger partial charge in [-0.1, -0.05) is 15.9 Å². The minimum Gasteiger partial charge on any atom is -0.493 e. The fourth-order valence-electron chi connectivity index (χ4n) is 1.74. The first-order valence-electron chi connectivity index (χ1n) is 5.10. The van der Waals surface area contributed by atoms with Gasteiger partial charge in [-0.15, -0.1) is 0 Å². The molecule has 0 amide bonds. The summed E-state index contributed by atoms with van der Waals surface area (Å²) in [7, 11) is 1.80. The lowest BCUT2D eigenvalue weighted by atomic mass is 10.1. The van der Waals surface area contributed by atoms with Gasteiger partial charge in [0.15, 0.2) is 5.11 Å². The van der Waals surface area contributed by atoms with E-state index in [-0.39, 0.29) is 0 Å². The second kappa shape index (κ2) is 5.01. The van der Waals surface area contributed by atoms with E-state index in [4.69, 9.17) is 17.0 Å². The van der Waals surface area contributed by atoms with Gasteiger partial charge in [-0.2, -0.15) is 0 Å². The minimum atomic E-state index is 0.645. The molecule has 16 heavy (non-hydrogen) atoms. The highest BCUT2D eigenvalue weighted by Crippen LogP contribution is 2.32. The molecule has 0 unspecified atom stereocenters. The third-order valence-corrected chi connectivity index (χ3v) is 3.30. The zero-order chi connectivity index (χ0) is 11.5. The van der Waals surface area contributed by atoms with Gasteiger partial charge in [-0.05, 0) is 29.9 Å². The van der Waals surface area contributed by atoms with E-state index in [9.17, 15) is 0 Å². The van der Waals surface area contributed by atoms with Crippen LogP contribution in [0.5, 0.6) is 5.75 Å². The molecule has 0 saturated carbocycles. The molecule has 0 aliphatic carbocycles. The maximum absolute atomic E-state index is 5.63. The quantitative estimate of drug-likeness (QED) is 0.819. The molecule has 2 N–H and O–H groups in total. The second-order valence-electron chi connectivity index (χ2n) is 3.58. The third-order valence-electron chi connectivity index (χ3n) is 2.49. The SMILES string of the molecule is CNC(=S)NCc1cc(Br)cc2c1OCC2. The Morgan fingerprint density at radius 3 is 3.12 bits per heavy atom. The van der Waals surface area contributed by atoms with Gasteiger partial charge in [-0.3, -0.25) is 0 Å². The van der Waals surface area contributed by atoms with Crippen LogP contribution in [0.4, 0.5) is 0 Å². The molecule has 1 aliphatic heterocycles. The highest BCUT2D eigenvalue weighted by Gasteiger charge is 2.17. The van der Waals surface area contributed by atoms with Crippen LogP contribution in [0.15, 0.2) is 16.6 Å². The molecule has 86 valence electrons. The lowest BCUT2D eigenvalue weighted by Gasteiger charge is -2.11. The van der Waals surface area contributed by atoms with Gasteiger partial charge >= 0.3 is 0 Å². The number of nitrogens with one attached hydrogen (secondary N) is 2. The van der Waals surface area contributed by atoms with Crippen LogP contribution in [0, 0.1) is 0 Å². The molecular weight excluding hydrogens is 288 g/mol. The van der Waals surface area contributed by atoms with Crippen LogP contribution in [0.3, 0.4) is 0 Å². The van der Waals surface area contributed by atoms with E-state index in [2.05, 4.69) is 38.7 Å². The molecule has 0 atom stereocenters. The van der Waals surface area contributed by atoms with Crippen LogP contribution >= 0.6 is 28.1 Å². The molecule has 5 heteroatoms. The molecule has 0 saturated heterocycles. The molecule has 0 fully saturated rings. The average Bonchev–Trinajstić information content (AvgIpc) is 2.73. The van der Waals surface area contributed by atoms with Gasteiger partial charge in [0.25, 0.3) is 0 Å². The molecule has 0 aromatic heterocycles. The fraction of sp³-hybridized carbons (Fsp3) is 0.364. The van der Waals surface area contributed by atoms with Crippen molar-refractivity contribution in [3.8, 4) is 5.75 Å². The lowest BCUT2D eigenvalue weighted by molar-refractivity contribution is 0.353. The van der Waals surface area contributed by atoms with E-state index in [1.807, 2.05) is 0 Å². The van der Waals surface area contributed by atoms with E-state index in [0.29, 0.717) is 11.7 Å². The van der Waals surface area contributed by atoms with E-state index in [1.165, 1.54) is 5.56 Å². The molecule has 3 nitrogen and oxygen atoms in total. The van der Waals surface area contributed by atoms with E-state index < -0.39 is 0 Å². The van der Waals surface area contributed by atoms with Crippen LogP contribution in [0.2, 0.25) is 0 Å². The van der Waals surface area contributed by atoms with Crippen molar-refractivity contribution in [3.63, 3.8) is 0 Å². The minimum absolute atomic E-state index is 0.645. The number of rotatable bonds is 2. The van der Waals surface area contributed by atoms with E-state index >= 15 is 0 Å². The zero-order valence-electron chi connectivity index (χ0n) is 8.97. The van der Waals surface area contributed by atoms with Crippen LogP contribution in [-0.4, -0.2) is 18.8 Å². The van der Waals surface area contributed by atoms with Crippen molar-refractivity contribution < 1.29 is 4.74 Å². The summed E-state index contributed by atoms with van der Waals surface area (Å²) in [6.45, 7) is 1.46. The first kappa shape index (κ1) is 11.7. The van der Waals surface area contributed by atoms with Gasteiger partial charge in [0.05, 0.1) is 6.61 Å². The summed E-state index contributed by atoms with van der Waals surface area (Å²) >= 11 is 8.55. The first-order chi connectivity index (χ1) is 7.70. The van der Waals surface area contributed by atoms with Gasteiger partial charge in [0.1, 0.15) is 5.75 Å². The Hall–Kier alpha value is -0.810. The van der Waals surface area contributed by atoms with Crippen molar-refractivity contribution in [2.75, 3.05) is 13.7 Å². The molecule has 1 heterocycles. The zero-order valence-corrected chi connectivity index (χ0v) is 11.4. The summed E-state index contributed by atoms with van der Waals surface area (Å²) in [6, 6.07) is 4.18. The number of hydrogen-bond donors (Lipinski definition) is 2. The largest absolute Gasteiger partial charge is 0.493 e. The third kappa shape index (κ3) is 2.47. The predicted molar refractivity (Wildman–Crippen MR) is 71.8 cm³/mol. The Kier molecular flexibility index (Phi) is 3.66. The number of ether oxygens (including phenoxy) is 1.